The molecule has 0 radical (unpaired) electrons. The zero-order valence-electron chi connectivity index (χ0n) is 11.7. The van der Waals surface area contributed by atoms with E-state index in [-0.39, 0.29) is 6.10 Å². The number of hydrogen-bond donors (Lipinski definition) is 1. The first kappa shape index (κ1) is 13.4. The molecule has 1 aromatic carbocycles. The molecule has 1 unspecified atom stereocenters. The van der Waals surface area contributed by atoms with Gasteiger partial charge in [-0.15, -0.1) is 0 Å². The molecule has 1 N–H and O–H groups in total. The van der Waals surface area contributed by atoms with Crippen LogP contribution in [0.5, 0.6) is 0 Å². The summed E-state index contributed by atoms with van der Waals surface area (Å²) in [4.78, 5) is 2.49. The predicted octanol–water partition coefficient (Wildman–Crippen LogP) is 3.30. The van der Waals surface area contributed by atoms with E-state index >= 15 is 0 Å². The summed E-state index contributed by atoms with van der Waals surface area (Å²) in [6.07, 6.45) is 5.23. The molecule has 0 spiro atoms. The minimum Gasteiger partial charge on any atom is -0.393 e. The largest absolute Gasteiger partial charge is 0.393 e. The van der Waals surface area contributed by atoms with Crippen LogP contribution in [0.4, 0.5) is 5.69 Å². The third kappa shape index (κ3) is 3.26. The van der Waals surface area contributed by atoms with E-state index in [4.69, 9.17) is 0 Å². The van der Waals surface area contributed by atoms with Crippen molar-refractivity contribution in [1.82, 2.24) is 0 Å². The summed E-state index contributed by atoms with van der Waals surface area (Å²) in [5, 5.41) is 9.60. The monoisotopic (exact) mass is 247 g/mol. The number of aryl methyl sites for hydroxylation is 2. The van der Waals surface area contributed by atoms with Gasteiger partial charge < -0.3 is 10.0 Å². The molecule has 2 rings (SSSR count). The number of aliphatic hydroxyl groups is 1. The molecule has 0 bridgehead atoms. The summed E-state index contributed by atoms with van der Waals surface area (Å²) in [5.41, 5.74) is 4.27. The number of nitrogens with zero attached hydrogens (tertiary/aromatic N) is 1. The van der Waals surface area contributed by atoms with Gasteiger partial charge in [0.1, 0.15) is 0 Å². The fourth-order valence-electron chi connectivity index (χ4n) is 2.76. The van der Waals surface area contributed by atoms with Gasteiger partial charge in [0.25, 0.3) is 0 Å². The highest BCUT2D eigenvalue weighted by atomic mass is 16.3. The van der Waals surface area contributed by atoms with E-state index in [9.17, 15) is 5.11 Å². The van der Waals surface area contributed by atoms with Crippen molar-refractivity contribution in [2.75, 3.05) is 18.0 Å². The summed E-state index contributed by atoms with van der Waals surface area (Å²) in [6, 6.07) is 6.79. The van der Waals surface area contributed by atoms with Crippen LogP contribution in [0.1, 0.15) is 43.7 Å². The highest BCUT2D eigenvalue weighted by Gasteiger charge is 2.16. The number of benzene rings is 1. The molecular weight excluding hydrogens is 222 g/mol. The van der Waals surface area contributed by atoms with Gasteiger partial charge in [0.15, 0.2) is 0 Å². The number of aliphatic hydroxyl groups excluding tert-OH is 1. The average molecular weight is 247 g/mol. The normalized spacial score (nSPS) is 16.5. The fourth-order valence-corrected chi connectivity index (χ4v) is 2.76. The van der Waals surface area contributed by atoms with Crippen molar-refractivity contribution in [2.45, 2.75) is 52.1 Å². The van der Waals surface area contributed by atoms with E-state index in [1.54, 1.807) is 0 Å². The van der Waals surface area contributed by atoms with Gasteiger partial charge in [-0.25, -0.2) is 0 Å². The van der Waals surface area contributed by atoms with Crippen LogP contribution in [0.3, 0.4) is 0 Å². The standard InChI is InChI=1S/C16H25NO/c1-3-15(18)7-5-11-17-10-4-6-14-12-13(2)8-9-16(14)17/h8-9,12,15,18H,3-7,10-11H2,1-2H3. The van der Waals surface area contributed by atoms with Gasteiger partial charge in [-0.2, -0.15) is 0 Å². The molecule has 100 valence electrons. The Balaban J connectivity index is 1.95. The van der Waals surface area contributed by atoms with Gasteiger partial charge in [-0.05, 0) is 50.7 Å². The van der Waals surface area contributed by atoms with Crippen LogP contribution in [0.2, 0.25) is 0 Å². The van der Waals surface area contributed by atoms with E-state index < -0.39 is 0 Å². The summed E-state index contributed by atoms with van der Waals surface area (Å²) in [7, 11) is 0. The zero-order valence-corrected chi connectivity index (χ0v) is 11.7. The Morgan fingerprint density at radius 3 is 3.00 bits per heavy atom. The Bertz CT molecular complexity index is 389. The molecule has 1 heterocycles. The smallest absolute Gasteiger partial charge is 0.0538 e. The van der Waals surface area contributed by atoms with Crippen LogP contribution < -0.4 is 4.90 Å². The van der Waals surface area contributed by atoms with Crippen LogP contribution in [0.15, 0.2) is 18.2 Å². The Labute approximate surface area is 111 Å². The Morgan fingerprint density at radius 2 is 2.22 bits per heavy atom. The lowest BCUT2D eigenvalue weighted by atomic mass is 9.99. The summed E-state index contributed by atoms with van der Waals surface area (Å²) in [5.74, 6) is 0. The molecule has 1 aliphatic heterocycles. The molecule has 18 heavy (non-hydrogen) atoms. The maximum atomic E-state index is 9.60. The summed E-state index contributed by atoms with van der Waals surface area (Å²) >= 11 is 0. The van der Waals surface area contributed by atoms with Crippen molar-refractivity contribution in [3.63, 3.8) is 0 Å². The van der Waals surface area contributed by atoms with E-state index in [0.717, 1.165) is 32.4 Å². The van der Waals surface area contributed by atoms with Crippen molar-refractivity contribution in [3.8, 4) is 0 Å². The molecular formula is C16H25NO. The SMILES string of the molecule is CCC(O)CCCN1CCCc2cc(C)ccc21. The molecule has 0 aliphatic carbocycles. The molecule has 1 aromatic rings. The third-order valence-electron chi connectivity index (χ3n) is 3.89. The third-order valence-corrected chi connectivity index (χ3v) is 3.89. The van der Waals surface area contributed by atoms with Gasteiger partial charge in [0.2, 0.25) is 0 Å². The molecule has 2 nitrogen and oxygen atoms in total. The van der Waals surface area contributed by atoms with E-state index in [1.807, 2.05) is 6.92 Å². The summed E-state index contributed by atoms with van der Waals surface area (Å²) < 4.78 is 0. The first-order valence-corrected chi connectivity index (χ1v) is 7.23. The number of rotatable bonds is 5. The first-order valence-electron chi connectivity index (χ1n) is 7.23. The van der Waals surface area contributed by atoms with Crippen LogP contribution in [-0.4, -0.2) is 24.3 Å². The molecule has 0 fully saturated rings. The van der Waals surface area contributed by atoms with Crippen molar-refractivity contribution in [3.05, 3.63) is 29.3 Å². The number of hydrogen-bond acceptors (Lipinski definition) is 2. The van der Waals surface area contributed by atoms with Crippen molar-refractivity contribution >= 4 is 5.69 Å². The highest BCUT2D eigenvalue weighted by molar-refractivity contribution is 5.56. The van der Waals surface area contributed by atoms with Gasteiger partial charge in [-0.3, -0.25) is 0 Å². The molecule has 1 atom stereocenters. The Hall–Kier alpha value is -1.02. The molecule has 0 amide bonds. The highest BCUT2D eigenvalue weighted by Crippen LogP contribution is 2.28. The van der Waals surface area contributed by atoms with Crippen LogP contribution in [0, 0.1) is 6.92 Å². The lowest BCUT2D eigenvalue weighted by Crippen LogP contribution is -2.30. The van der Waals surface area contributed by atoms with Crippen LogP contribution in [0.25, 0.3) is 0 Å². The second-order valence-corrected chi connectivity index (χ2v) is 5.43. The average Bonchev–Trinajstić information content (AvgIpc) is 2.38. The molecule has 0 aromatic heterocycles. The first-order chi connectivity index (χ1) is 8.70. The van der Waals surface area contributed by atoms with Gasteiger partial charge in [0, 0.05) is 18.8 Å². The zero-order chi connectivity index (χ0) is 13.0. The van der Waals surface area contributed by atoms with Gasteiger partial charge >= 0.3 is 0 Å². The van der Waals surface area contributed by atoms with E-state index in [1.165, 1.54) is 29.7 Å². The van der Waals surface area contributed by atoms with Gasteiger partial charge in [0.05, 0.1) is 6.10 Å². The molecule has 2 heteroatoms. The second-order valence-electron chi connectivity index (χ2n) is 5.43. The number of fused-ring (bicyclic) bond motifs is 1. The Kier molecular flexibility index (Phi) is 4.65. The molecule has 1 aliphatic rings. The minimum atomic E-state index is -0.118. The van der Waals surface area contributed by atoms with Crippen molar-refractivity contribution in [1.29, 1.82) is 0 Å². The van der Waals surface area contributed by atoms with E-state index in [0.29, 0.717) is 0 Å². The summed E-state index contributed by atoms with van der Waals surface area (Å²) in [6.45, 7) is 6.45. The molecule has 0 saturated carbocycles. The predicted molar refractivity (Wildman–Crippen MR) is 77.2 cm³/mol. The second kappa shape index (κ2) is 6.24. The lowest BCUT2D eigenvalue weighted by Gasteiger charge is -2.31. The quantitative estimate of drug-likeness (QED) is 0.863. The van der Waals surface area contributed by atoms with Crippen molar-refractivity contribution < 1.29 is 5.11 Å². The maximum absolute atomic E-state index is 9.60. The van der Waals surface area contributed by atoms with Gasteiger partial charge in [-0.1, -0.05) is 24.6 Å². The van der Waals surface area contributed by atoms with Crippen LogP contribution in [-0.2, 0) is 6.42 Å². The van der Waals surface area contributed by atoms with Crippen LogP contribution >= 0.6 is 0 Å². The fraction of sp³-hybridized carbons (Fsp3) is 0.625. The lowest BCUT2D eigenvalue weighted by molar-refractivity contribution is 0.158. The Morgan fingerprint density at radius 1 is 1.39 bits per heavy atom. The maximum Gasteiger partial charge on any atom is 0.0538 e. The minimum absolute atomic E-state index is 0.118. The van der Waals surface area contributed by atoms with Crippen molar-refractivity contribution in [2.24, 2.45) is 0 Å². The topological polar surface area (TPSA) is 23.5 Å². The van der Waals surface area contributed by atoms with E-state index in [2.05, 4.69) is 30.0 Å². The number of anilines is 1. The molecule has 0 saturated heterocycles.